The zero-order chi connectivity index (χ0) is 19.8. The van der Waals surface area contributed by atoms with Gasteiger partial charge in [-0.15, -0.1) is 0 Å². The van der Waals surface area contributed by atoms with Gasteiger partial charge < -0.3 is 5.32 Å². The molecule has 4 nitrogen and oxygen atoms in total. The van der Waals surface area contributed by atoms with Crippen molar-refractivity contribution >= 4 is 5.91 Å². The number of para-hydroxylation sites is 1. The van der Waals surface area contributed by atoms with Gasteiger partial charge in [-0.1, -0.05) is 68.8 Å². The van der Waals surface area contributed by atoms with Crippen LogP contribution in [0.3, 0.4) is 0 Å². The van der Waals surface area contributed by atoms with Crippen molar-refractivity contribution in [3.8, 4) is 5.69 Å². The van der Waals surface area contributed by atoms with Gasteiger partial charge in [0.25, 0.3) is 5.91 Å². The Bertz CT molecular complexity index is 1010. The zero-order valence-corrected chi connectivity index (χ0v) is 17.0. The number of hydrogen-bond donors (Lipinski definition) is 1. The molecule has 0 bridgehead atoms. The number of rotatable bonds is 5. The lowest BCUT2D eigenvalue weighted by Crippen LogP contribution is -2.23. The van der Waals surface area contributed by atoms with E-state index in [1.807, 2.05) is 10.7 Å². The second-order valence-corrected chi connectivity index (χ2v) is 8.02. The van der Waals surface area contributed by atoms with Gasteiger partial charge in [-0.25, -0.2) is 4.68 Å². The molecule has 1 atom stereocenters. The minimum absolute atomic E-state index is 0.0849. The van der Waals surface area contributed by atoms with Crippen LogP contribution in [0, 0.1) is 12.8 Å². The average Bonchev–Trinajstić information content (AvgIpc) is 3.20. The van der Waals surface area contributed by atoms with Crippen LogP contribution in [0.5, 0.6) is 0 Å². The summed E-state index contributed by atoms with van der Waals surface area (Å²) in [5, 5.41) is 7.94. The minimum atomic E-state index is -0.139. The lowest BCUT2D eigenvalue weighted by Gasteiger charge is -2.18. The number of benzene rings is 2. The van der Waals surface area contributed by atoms with Gasteiger partial charge in [0.05, 0.1) is 17.4 Å². The van der Waals surface area contributed by atoms with Crippen LogP contribution in [-0.4, -0.2) is 15.7 Å². The van der Waals surface area contributed by atoms with E-state index in [1.54, 1.807) is 0 Å². The first-order valence-electron chi connectivity index (χ1n) is 10.1. The molecule has 28 heavy (non-hydrogen) atoms. The van der Waals surface area contributed by atoms with Crippen molar-refractivity contribution in [2.45, 2.75) is 46.6 Å². The topological polar surface area (TPSA) is 46.9 Å². The monoisotopic (exact) mass is 373 g/mol. The summed E-state index contributed by atoms with van der Waals surface area (Å²) in [4.78, 5) is 12.8. The van der Waals surface area contributed by atoms with Crippen molar-refractivity contribution in [1.29, 1.82) is 0 Å². The van der Waals surface area contributed by atoms with Crippen LogP contribution >= 0.6 is 0 Å². The maximum atomic E-state index is 12.8. The molecule has 1 aliphatic rings. The summed E-state index contributed by atoms with van der Waals surface area (Å²) in [6.45, 7) is 8.65. The highest BCUT2D eigenvalue weighted by atomic mass is 16.2. The van der Waals surface area contributed by atoms with Gasteiger partial charge in [0.15, 0.2) is 5.69 Å². The van der Waals surface area contributed by atoms with Gasteiger partial charge in [-0.05, 0) is 42.9 Å². The molecule has 1 amide bonds. The zero-order valence-electron chi connectivity index (χ0n) is 17.0. The van der Waals surface area contributed by atoms with Crippen molar-refractivity contribution < 1.29 is 4.79 Å². The van der Waals surface area contributed by atoms with Crippen LogP contribution in [0.25, 0.3) is 5.69 Å². The van der Waals surface area contributed by atoms with E-state index in [2.05, 4.69) is 75.5 Å². The van der Waals surface area contributed by atoms with Crippen molar-refractivity contribution in [2.75, 3.05) is 0 Å². The molecule has 1 unspecified atom stereocenters. The molecule has 0 fully saturated rings. The first-order valence-corrected chi connectivity index (χ1v) is 10.1. The van der Waals surface area contributed by atoms with Crippen LogP contribution in [0.1, 0.15) is 65.2 Å². The van der Waals surface area contributed by atoms with Crippen LogP contribution in [0.15, 0.2) is 48.5 Å². The van der Waals surface area contributed by atoms with Gasteiger partial charge in [0.1, 0.15) is 0 Å². The molecule has 2 heterocycles. The van der Waals surface area contributed by atoms with Crippen LogP contribution in [0.4, 0.5) is 0 Å². The Kier molecular flexibility index (Phi) is 4.80. The van der Waals surface area contributed by atoms with Gasteiger partial charge in [0.2, 0.25) is 0 Å². The molecule has 1 aliphatic heterocycles. The fraction of sp³-hybridized carbons (Fsp3) is 0.333. The molecule has 144 valence electrons. The Hall–Kier alpha value is -2.88. The Balaban J connectivity index is 1.91. The molecule has 4 rings (SSSR count). The SMILES string of the molecule is CCc1ccccc1-n1nc2c(c1CC(C)C)C(c1ccc(C)cc1)NC2=O. The van der Waals surface area contributed by atoms with Crippen molar-refractivity contribution in [3.63, 3.8) is 0 Å². The second-order valence-electron chi connectivity index (χ2n) is 8.02. The van der Waals surface area contributed by atoms with Crippen LogP contribution in [-0.2, 0) is 12.8 Å². The molecule has 0 aliphatic carbocycles. The lowest BCUT2D eigenvalue weighted by molar-refractivity contribution is 0.0955. The fourth-order valence-electron chi connectivity index (χ4n) is 4.02. The standard InChI is InChI=1S/C24H27N3O/c1-5-17-8-6-7-9-19(17)27-20(14-15(2)3)21-22(25-24(28)23(21)26-27)18-12-10-16(4)11-13-18/h6-13,15,22H,5,14H2,1-4H3,(H,25,28). The predicted octanol–water partition coefficient (Wildman–Crippen LogP) is 4.77. The molecule has 1 aromatic heterocycles. The first kappa shape index (κ1) is 18.5. The third kappa shape index (κ3) is 3.13. The minimum Gasteiger partial charge on any atom is -0.340 e. The highest BCUT2D eigenvalue weighted by Crippen LogP contribution is 2.36. The molecular formula is C24H27N3O. The van der Waals surface area contributed by atoms with Gasteiger partial charge in [-0.2, -0.15) is 5.10 Å². The number of amides is 1. The Labute approximate surface area is 166 Å². The summed E-state index contributed by atoms with van der Waals surface area (Å²) >= 11 is 0. The molecular weight excluding hydrogens is 346 g/mol. The van der Waals surface area contributed by atoms with E-state index in [0.29, 0.717) is 11.6 Å². The molecule has 2 aromatic carbocycles. The average molecular weight is 374 g/mol. The van der Waals surface area contributed by atoms with E-state index in [0.717, 1.165) is 35.3 Å². The maximum absolute atomic E-state index is 12.8. The summed E-state index contributed by atoms with van der Waals surface area (Å²) in [6, 6.07) is 16.6. The summed E-state index contributed by atoms with van der Waals surface area (Å²) < 4.78 is 2.02. The fourth-order valence-corrected chi connectivity index (χ4v) is 4.02. The molecule has 0 saturated heterocycles. The number of aromatic nitrogens is 2. The number of carbonyl (C=O) groups is 1. The summed E-state index contributed by atoms with van der Waals surface area (Å²) in [5.41, 5.74) is 7.36. The normalized spacial score (nSPS) is 15.8. The smallest absolute Gasteiger partial charge is 0.272 e. The molecule has 1 N–H and O–H groups in total. The summed E-state index contributed by atoms with van der Waals surface area (Å²) in [6.07, 6.45) is 1.80. The summed E-state index contributed by atoms with van der Waals surface area (Å²) in [7, 11) is 0. The number of nitrogens with one attached hydrogen (secondary N) is 1. The summed E-state index contributed by atoms with van der Waals surface area (Å²) in [5.74, 6) is 0.376. The van der Waals surface area contributed by atoms with E-state index in [4.69, 9.17) is 5.10 Å². The molecule has 0 spiro atoms. The quantitative estimate of drug-likeness (QED) is 0.700. The Morgan fingerprint density at radius 1 is 1.11 bits per heavy atom. The number of nitrogens with zero attached hydrogens (tertiary/aromatic N) is 2. The predicted molar refractivity (Wildman–Crippen MR) is 112 cm³/mol. The van der Waals surface area contributed by atoms with E-state index in [9.17, 15) is 4.79 Å². The number of carbonyl (C=O) groups excluding carboxylic acids is 1. The number of fused-ring (bicyclic) bond motifs is 1. The van der Waals surface area contributed by atoms with Crippen LogP contribution in [0.2, 0.25) is 0 Å². The Morgan fingerprint density at radius 2 is 1.82 bits per heavy atom. The van der Waals surface area contributed by atoms with Gasteiger partial charge >= 0.3 is 0 Å². The largest absolute Gasteiger partial charge is 0.340 e. The van der Waals surface area contributed by atoms with E-state index < -0.39 is 0 Å². The number of aryl methyl sites for hydroxylation is 2. The highest BCUT2D eigenvalue weighted by molar-refractivity contribution is 5.98. The van der Waals surface area contributed by atoms with Crippen molar-refractivity contribution in [2.24, 2.45) is 5.92 Å². The molecule has 0 saturated carbocycles. The van der Waals surface area contributed by atoms with Crippen LogP contribution < -0.4 is 5.32 Å². The highest BCUT2D eigenvalue weighted by Gasteiger charge is 2.37. The van der Waals surface area contributed by atoms with E-state index >= 15 is 0 Å². The van der Waals surface area contributed by atoms with E-state index in [1.165, 1.54) is 11.1 Å². The molecule has 0 radical (unpaired) electrons. The maximum Gasteiger partial charge on any atom is 0.272 e. The number of hydrogen-bond acceptors (Lipinski definition) is 2. The second kappa shape index (κ2) is 7.27. The first-order chi connectivity index (χ1) is 13.5. The third-order valence-corrected chi connectivity index (χ3v) is 5.41. The van der Waals surface area contributed by atoms with Crippen molar-refractivity contribution in [1.82, 2.24) is 15.1 Å². The van der Waals surface area contributed by atoms with Gasteiger partial charge in [-0.3, -0.25) is 4.79 Å². The molecule has 4 heteroatoms. The molecule has 3 aromatic rings. The van der Waals surface area contributed by atoms with E-state index in [-0.39, 0.29) is 11.9 Å². The lowest BCUT2D eigenvalue weighted by atomic mass is 9.95. The van der Waals surface area contributed by atoms with Gasteiger partial charge in [0, 0.05) is 5.56 Å². The van der Waals surface area contributed by atoms with Crippen molar-refractivity contribution in [3.05, 3.63) is 82.2 Å². The Morgan fingerprint density at radius 3 is 2.50 bits per heavy atom. The third-order valence-electron chi connectivity index (χ3n) is 5.41.